The van der Waals surface area contributed by atoms with E-state index in [1.165, 1.54) is 18.5 Å². The summed E-state index contributed by atoms with van der Waals surface area (Å²) >= 11 is 0. The van der Waals surface area contributed by atoms with Gasteiger partial charge in [-0.15, -0.1) is 0 Å². The first-order valence-corrected chi connectivity index (χ1v) is 16.4. The fraction of sp³-hybridized carbons (Fsp3) is 0.645. The van der Waals surface area contributed by atoms with Gasteiger partial charge in [0.1, 0.15) is 0 Å². The van der Waals surface area contributed by atoms with Crippen LogP contribution in [0.15, 0.2) is 47.9 Å². The molecule has 1 unspecified atom stereocenters. The number of ether oxygens (including phenoxy) is 1. The zero-order chi connectivity index (χ0) is 27.6. The highest BCUT2D eigenvalue weighted by Crippen LogP contribution is 2.46. The van der Waals surface area contributed by atoms with E-state index in [1.807, 2.05) is 30.3 Å². The van der Waals surface area contributed by atoms with E-state index in [-0.39, 0.29) is 28.8 Å². The average Bonchev–Trinajstić information content (AvgIpc) is 3.40. The lowest BCUT2D eigenvalue weighted by atomic mass is 9.83. The van der Waals surface area contributed by atoms with Crippen LogP contribution in [0.2, 0.25) is 0 Å². The summed E-state index contributed by atoms with van der Waals surface area (Å²) in [4.78, 5) is 18.2. The molecule has 0 aromatic heterocycles. The van der Waals surface area contributed by atoms with Gasteiger partial charge in [-0.1, -0.05) is 39.0 Å². The Kier molecular flexibility index (Phi) is 8.43. The number of piperazine rings is 1. The number of allylic oxidation sites excluding steroid dienone is 3. The van der Waals surface area contributed by atoms with E-state index in [9.17, 15) is 13.2 Å². The molecule has 2 aliphatic heterocycles. The summed E-state index contributed by atoms with van der Waals surface area (Å²) in [6.45, 7) is 11.0. The maximum atomic E-state index is 13.7. The minimum Gasteiger partial charge on any atom is -0.487 e. The first kappa shape index (κ1) is 28.2. The average molecular weight is 556 g/mol. The molecule has 214 valence electrons. The lowest BCUT2D eigenvalue weighted by Crippen LogP contribution is -2.49. The number of carbonyl (C=O) groups is 1. The van der Waals surface area contributed by atoms with E-state index in [1.54, 1.807) is 4.31 Å². The van der Waals surface area contributed by atoms with Gasteiger partial charge in [0.2, 0.25) is 15.8 Å². The van der Waals surface area contributed by atoms with Crippen molar-refractivity contribution in [3.05, 3.63) is 53.4 Å². The van der Waals surface area contributed by atoms with Crippen LogP contribution in [0.25, 0.3) is 0 Å². The van der Waals surface area contributed by atoms with Crippen molar-refractivity contribution in [3.63, 3.8) is 0 Å². The third-order valence-electron chi connectivity index (χ3n) is 9.10. The van der Waals surface area contributed by atoms with Crippen LogP contribution in [0.1, 0.15) is 64.9 Å². The zero-order valence-corrected chi connectivity index (χ0v) is 24.7. The maximum Gasteiger partial charge on any atom is 0.218 e. The van der Waals surface area contributed by atoms with Crippen molar-refractivity contribution in [2.75, 3.05) is 50.8 Å². The number of anilines is 1. The highest BCUT2D eigenvalue weighted by Gasteiger charge is 2.40. The number of rotatable bonds is 9. The van der Waals surface area contributed by atoms with Gasteiger partial charge in [0.25, 0.3) is 0 Å². The number of ketones is 1. The molecule has 0 spiro atoms. The molecule has 3 fully saturated rings. The van der Waals surface area contributed by atoms with Gasteiger partial charge in [0.15, 0.2) is 5.76 Å². The second kappa shape index (κ2) is 11.7. The third-order valence-corrected chi connectivity index (χ3v) is 11.0. The summed E-state index contributed by atoms with van der Waals surface area (Å²) in [5.41, 5.74) is 2.98. The molecule has 1 saturated carbocycles. The van der Waals surface area contributed by atoms with Crippen molar-refractivity contribution in [2.24, 2.45) is 17.3 Å². The van der Waals surface area contributed by atoms with Crippen LogP contribution in [0.3, 0.4) is 0 Å². The molecule has 1 aromatic carbocycles. The SMILES string of the molecule is CC[C@@H]1C(=O)/C(OCC2(C)CC2)=C(N2CCN(S(=O)(=O)Cc3ccc(N4CCCC4)cc3)CC2)\C=C\CC1C. The predicted molar refractivity (Wildman–Crippen MR) is 156 cm³/mol. The van der Waals surface area contributed by atoms with Crippen LogP contribution in [0, 0.1) is 17.3 Å². The van der Waals surface area contributed by atoms with Crippen molar-refractivity contribution in [3.8, 4) is 0 Å². The molecule has 0 amide bonds. The lowest BCUT2D eigenvalue weighted by Gasteiger charge is -2.37. The molecule has 39 heavy (non-hydrogen) atoms. The molecular weight excluding hydrogens is 510 g/mol. The Morgan fingerprint density at radius 3 is 2.26 bits per heavy atom. The lowest BCUT2D eigenvalue weighted by molar-refractivity contribution is -0.124. The molecule has 5 rings (SSSR count). The number of nitrogens with zero attached hydrogens (tertiary/aromatic N) is 3. The molecule has 4 aliphatic rings. The first-order chi connectivity index (χ1) is 18.7. The van der Waals surface area contributed by atoms with Gasteiger partial charge in [0.05, 0.1) is 18.1 Å². The minimum absolute atomic E-state index is 0.0113. The summed E-state index contributed by atoms with van der Waals surface area (Å²) in [5.74, 6) is 0.790. The molecular formula is C31H45N3O4S. The summed E-state index contributed by atoms with van der Waals surface area (Å²) in [7, 11) is -3.44. The molecule has 2 heterocycles. The Labute approximate surface area is 234 Å². The largest absolute Gasteiger partial charge is 0.487 e. The highest BCUT2D eigenvalue weighted by molar-refractivity contribution is 7.88. The highest BCUT2D eigenvalue weighted by atomic mass is 32.2. The smallest absolute Gasteiger partial charge is 0.218 e. The van der Waals surface area contributed by atoms with Crippen molar-refractivity contribution in [1.29, 1.82) is 0 Å². The molecule has 8 heteroatoms. The molecule has 0 N–H and O–H groups in total. The van der Waals surface area contributed by atoms with Crippen LogP contribution >= 0.6 is 0 Å². The van der Waals surface area contributed by atoms with Gasteiger partial charge >= 0.3 is 0 Å². The maximum absolute atomic E-state index is 13.7. The molecule has 2 aliphatic carbocycles. The standard InChI is InChI=1S/C31H45N3O4S/c1-4-27-24(2)8-7-9-28(30(29(27)35)38-23-31(3)14-15-31)33-18-20-34(21-19-33)39(36,37)22-25-10-12-26(13-11-25)32-16-5-6-17-32/h7,9-13,24,27H,4-6,8,14-23H2,1-3H3/b9-7+,30-28-/t24?,27-/m0/s1. The number of sulfonamides is 1. The Morgan fingerprint density at radius 2 is 1.64 bits per heavy atom. The number of hydrogen-bond donors (Lipinski definition) is 0. The molecule has 0 bridgehead atoms. The van der Waals surface area contributed by atoms with Crippen molar-refractivity contribution >= 4 is 21.5 Å². The fourth-order valence-corrected chi connectivity index (χ4v) is 7.58. The Bertz CT molecular complexity index is 1190. The Morgan fingerprint density at radius 1 is 0.974 bits per heavy atom. The minimum atomic E-state index is -3.44. The van der Waals surface area contributed by atoms with E-state index in [0.29, 0.717) is 38.5 Å². The summed E-state index contributed by atoms with van der Waals surface area (Å²) < 4.78 is 34.6. The van der Waals surface area contributed by atoms with E-state index >= 15 is 0 Å². The van der Waals surface area contributed by atoms with Gasteiger partial charge in [-0.25, -0.2) is 8.42 Å². The molecule has 2 atom stereocenters. The number of hydrogen-bond acceptors (Lipinski definition) is 6. The van der Waals surface area contributed by atoms with Gasteiger partial charge in [-0.2, -0.15) is 4.31 Å². The van der Waals surface area contributed by atoms with E-state index in [0.717, 1.165) is 50.0 Å². The molecule has 0 radical (unpaired) electrons. The summed E-state index contributed by atoms with van der Waals surface area (Å²) in [6.07, 6.45) is 10.5. The summed E-state index contributed by atoms with van der Waals surface area (Å²) in [6, 6.07) is 8.00. The topological polar surface area (TPSA) is 70.2 Å². The van der Waals surface area contributed by atoms with Crippen molar-refractivity contribution in [1.82, 2.24) is 9.21 Å². The normalized spacial score (nSPS) is 28.7. The molecule has 7 nitrogen and oxygen atoms in total. The van der Waals surface area contributed by atoms with Gasteiger partial charge in [-0.3, -0.25) is 4.79 Å². The van der Waals surface area contributed by atoms with Crippen LogP contribution in [0.5, 0.6) is 0 Å². The van der Waals surface area contributed by atoms with Gasteiger partial charge < -0.3 is 14.5 Å². The quantitative estimate of drug-likeness (QED) is 0.429. The molecule has 1 aromatic rings. The van der Waals surface area contributed by atoms with E-state index in [4.69, 9.17) is 4.74 Å². The van der Waals surface area contributed by atoms with Crippen LogP contribution in [-0.4, -0.2) is 69.3 Å². The predicted octanol–water partition coefficient (Wildman–Crippen LogP) is 4.95. The number of benzene rings is 1. The molecule has 2 saturated heterocycles. The third kappa shape index (κ3) is 6.54. The Balaban J connectivity index is 1.27. The number of Topliss-reactive ketones (excluding diaryl/α,β-unsaturated/α-hetero) is 1. The van der Waals surface area contributed by atoms with Crippen LogP contribution in [-0.2, 0) is 25.3 Å². The van der Waals surface area contributed by atoms with E-state index < -0.39 is 10.0 Å². The second-order valence-corrected chi connectivity index (χ2v) is 14.3. The monoisotopic (exact) mass is 555 g/mol. The second-order valence-electron chi connectivity index (χ2n) is 12.3. The first-order valence-electron chi connectivity index (χ1n) is 14.8. The van der Waals surface area contributed by atoms with Crippen LogP contribution in [0.4, 0.5) is 5.69 Å². The number of carbonyl (C=O) groups excluding carboxylic acids is 1. The van der Waals surface area contributed by atoms with E-state index in [2.05, 4.69) is 36.6 Å². The van der Waals surface area contributed by atoms with Crippen LogP contribution < -0.4 is 4.90 Å². The zero-order valence-electron chi connectivity index (χ0n) is 23.9. The summed E-state index contributed by atoms with van der Waals surface area (Å²) in [5, 5.41) is 0. The van der Waals surface area contributed by atoms with Crippen molar-refractivity contribution < 1.29 is 17.9 Å². The van der Waals surface area contributed by atoms with Gasteiger partial charge in [-0.05, 0) is 68.2 Å². The fourth-order valence-electron chi connectivity index (χ4n) is 6.06. The Hall–Kier alpha value is -2.32. The van der Waals surface area contributed by atoms with Crippen molar-refractivity contribution in [2.45, 2.75) is 65.0 Å². The van der Waals surface area contributed by atoms with Gasteiger partial charge in [0, 0.05) is 56.3 Å².